The molecule has 0 aromatic heterocycles. The summed E-state index contributed by atoms with van der Waals surface area (Å²) in [6, 6.07) is 4.57. The van der Waals surface area contributed by atoms with Crippen LogP contribution in [0.3, 0.4) is 0 Å². The Balaban J connectivity index is 2.68. The van der Waals surface area contributed by atoms with E-state index in [1.54, 1.807) is 18.2 Å². The van der Waals surface area contributed by atoms with Crippen molar-refractivity contribution in [1.29, 1.82) is 0 Å². The number of urea groups is 1. The first kappa shape index (κ1) is 14.5. The fourth-order valence-corrected chi connectivity index (χ4v) is 1.36. The third-order valence-electron chi connectivity index (χ3n) is 2.16. The Labute approximate surface area is 109 Å². The van der Waals surface area contributed by atoms with Crippen molar-refractivity contribution in [3.05, 3.63) is 24.3 Å². The zero-order valence-corrected chi connectivity index (χ0v) is 10.1. The van der Waals surface area contributed by atoms with Crippen molar-refractivity contribution in [2.75, 3.05) is 10.6 Å². The molecule has 0 radical (unpaired) electrons. The second-order valence-corrected chi connectivity index (χ2v) is 3.84. The molecule has 0 bridgehead atoms. The molecule has 8 heteroatoms. The van der Waals surface area contributed by atoms with Crippen LogP contribution in [0.5, 0.6) is 0 Å². The number of nitrogens with two attached hydrogens (primary N) is 3. The van der Waals surface area contributed by atoms with Crippen LogP contribution in [0.1, 0.15) is 6.42 Å². The normalized spacial score (nSPS) is 11.4. The van der Waals surface area contributed by atoms with Gasteiger partial charge in [0.05, 0.1) is 12.5 Å². The highest BCUT2D eigenvalue weighted by atomic mass is 16.2. The highest BCUT2D eigenvalue weighted by molar-refractivity contribution is 5.98. The lowest BCUT2D eigenvalue weighted by Gasteiger charge is -2.11. The summed E-state index contributed by atoms with van der Waals surface area (Å²) in [7, 11) is 0. The van der Waals surface area contributed by atoms with Crippen LogP contribution in [-0.4, -0.2) is 23.9 Å². The van der Waals surface area contributed by atoms with E-state index < -0.39 is 23.9 Å². The average molecular weight is 265 g/mol. The molecule has 19 heavy (non-hydrogen) atoms. The molecule has 0 saturated heterocycles. The first-order valence-corrected chi connectivity index (χ1v) is 5.39. The van der Waals surface area contributed by atoms with Crippen LogP contribution in [0.4, 0.5) is 16.2 Å². The summed E-state index contributed by atoms with van der Waals surface area (Å²) in [4.78, 5) is 33.0. The van der Waals surface area contributed by atoms with E-state index in [1.807, 2.05) is 0 Å². The lowest BCUT2D eigenvalue weighted by Crippen LogP contribution is -2.39. The summed E-state index contributed by atoms with van der Waals surface area (Å²) >= 11 is 0. The summed E-state index contributed by atoms with van der Waals surface area (Å²) in [6.45, 7) is 0. The van der Waals surface area contributed by atoms with Crippen molar-refractivity contribution in [1.82, 2.24) is 0 Å². The van der Waals surface area contributed by atoms with Crippen LogP contribution >= 0.6 is 0 Å². The number of rotatable bonds is 5. The van der Waals surface area contributed by atoms with Crippen molar-refractivity contribution < 1.29 is 14.4 Å². The standard InChI is InChI=1S/C11H15N5O3/c12-8(5-9(13)17)10(18)15-6-2-1-3-7(4-6)16-11(14)19/h1-4,8H,5,12H2,(H2,13,17)(H,15,18)(H3,14,16,19). The summed E-state index contributed by atoms with van der Waals surface area (Å²) in [5.41, 5.74) is 16.2. The van der Waals surface area contributed by atoms with E-state index in [1.165, 1.54) is 6.07 Å². The number of hydrogen-bond donors (Lipinski definition) is 5. The molecule has 0 fully saturated rings. The van der Waals surface area contributed by atoms with Crippen molar-refractivity contribution in [3.8, 4) is 0 Å². The van der Waals surface area contributed by atoms with E-state index in [-0.39, 0.29) is 6.42 Å². The number of carbonyl (C=O) groups excluding carboxylic acids is 3. The number of amides is 4. The SMILES string of the molecule is NC(=O)CC(N)C(=O)Nc1cccc(NC(N)=O)c1. The van der Waals surface area contributed by atoms with E-state index in [9.17, 15) is 14.4 Å². The molecule has 0 spiro atoms. The lowest BCUT2D eigenvalue weighted by atomic mass is 10.2. The third kappa shape index (κ3) is 5.04. The molecule has 8 nitrogen and oxygen atoms in total. The second kappa shape index (κ2) is 6.36. The summed E-state index contributed by atoms with van der Waals surface area (Å²) in [5, 5.41) is 4.86. The van der Waals surface area contributed by atoms with Gasteiger partial charge in [0.2, 0.25) is 11.8 Å². The largest absolute Gasteiger partial charge is 0.370 e. The quantitative estimate of drug-likeness (QED) is 0.478. The minimum Gasteiger partial charge on any atom is -0.370 e. The summed E-state index contributed by atoms with van der Waals surface area (Å²) in [6.07, 6.45) is -0.245. The van der Waals surface area contributed by atoms with E-state index in [0.717, 1.165) is 0 Å². The van der Waals surface area contributed by atoms with E-state index >= 15 is 0 Å². The van der Waals surface area contributed by atoms with E-state index in [0.29, 0.717) is 11.4 Å². The predicted octanol–water partition coefficient (Wildman–Crippen LogP) is -0.682. The van der Waals surface area contributed by atoms with Crippen LogP contribution in [0.15, 0.2) is 24.3 Å². The average Bonchev–Trinajstić information content (AvgIpc) is 2.27. The molecule has 4 amide bonds. The van der Waals surface area contributed by atoms with Crippen LogP contribution in [0, 0.1) is 0 Å². The van der Waals surface area contributed by atoms with E-state index in [4.69, 9.17) is 17.2 Å². The number of anilines is 2. The van der Waals surface area contributed by atoms with Gasteiger partial charge in [-0.3, -0.25) is 9.59 Å². The number of carbonyl (C=O) groups is 3. The molecule has 0 aliphatic carbocycles. The van der Waals surface area contributed by atoms with Gasteiger partial charge in [-0.25, -0.2) is 4.79 Å². The zero-order chi connectivity index (χ0) is 14.4. The minimum atomic E-state index is -1.02. The van der Waals surface area contributed by atoms with Gasteiger partial charge in [-0.2, -0.15) is 0 Å². The maximum atomic E-state index is 11.6. The molecule has 1 atom stereocenters. The monoisotopic (exact) mass is 265 g/mol. The Morgan fingerprint density at radius 3 is 2.21 bits per heavy atom. The van der Waals surface area contributed by atoms with Crippen molar-refractivity contribution in [2.45, 2.75) is 12.5 Å². The minimum absolute atomic E-state index is 0.245. The van der Waals surface area contributed by atoms with Crippen molar-refractivity contribution >= 4 is 29.2 Å². The van der Waals surface area contributed by atoms with Crippen LogP contribution in [-0.2, 0) is 9.59 Å². The van der Waals surface area contributed by atoms with Crippen LogP contribution < -0.4 is 27.8 Å². The molecule has 8 N–H and O–H groups in total. The van der Waals surface area contributed by atoms with Gasteiger partial charge in [-0.05, 0) is 18.2 Å². The third-order valence-corrected chi connectivity index (χ3v) is 2.16. The van der Waals surface area contributed by atoms with Crippen LogP contribution in [0.25, 0.3) is 0 Å². The molecule has 102 valence electrons. The number of nitrogens with one attached hydrogen (secondary N) is 2. The number of primary amides is 2. The molecule has 0 aliphatic heterocycles. The highest BCUT2D eigenvalue weighted by Crippen LogP contribution is 2.15. The smallest absolute Gasteiger partial charge is 0.316 e. The molecule has 1 rings (SSSR count). The first-order chi connectivity index (χ1) is 8.88. The molecule has 0 saturated carbocycles. The van der Waals surface area contributed by atoms with Gasteiger partial charge in [0.15, 0.2) is 0 Å². The molecule has 0 heterocycles. The maximum Gasteiger partial charge on any atom is 0.316 e. The maximum absolute atomic E-state index is 11.6. The Hall–Kier alpha value is -2.61. The Morgan fingerprint density at radius 1 is 1.11 bits per heavy atom. The molecular formula is C11H15N5O3. The Kier molecular flexibility index (Phi) is 4.84. The highest BCUT2D eigenvalue weighted by Gasteiger charge is 2.16. The van der Waals surface area contributed by atoms with Gasteiger partial charge in [0.1, 0.15) is 0 Å². The topological polar surface area (TPSA) is 153 Å². The Bertz CT molecular complexity index is 503. The van der Waals surface area contributed by atoms with Gasteiger partial charge in [0.25, 0.3) is 0 Å². The molecule has 1 aromatic carbocycles. The van der Waals surface area contributed by atoms with E-state index in [2.05, 4.69) is 10.6 Å². The van der Waals surface area contributed by atoms with Gasteiger partial charge in [0, 0.05) is 11.4 Å². The molecule has 0 aliphatic rings. The van der Waals surface area contributed by atoms with Gasteiger partial charge in [-0.15, -0.1) is 0 Å². The summed E-state index contributed by atoms with van der Waals surface area (Å²) in [5.74, 6) is -1.21. The number of benzene rings is 1. The van der Waals surface area contributed by atoms with Gasteiger partial charge >= 0.3 is 6.03 Å². The fourth-order valence-electron chi connectivity index (χ4n) is 1.36. The molecular weight excluding hydrogens is 250 g/mol. The predicted molar refractivity (Wildman–Crippen MR) is 70.1 cm³/mol. The van der Waals surface area contributed by atoms with Crippen LogP contribution in [0.2, 0.25) is 0 Å². The van der Waals surface area contributed by atoms with Gasteiger partial charge in [-0.1, -0.05) is 6.07 Å². The number of hydrogen-bond acceptors (Lipinski definition) is 4. The fraction of sp³-hybridized carbons (Fsp3) is 0.182. The van der Waals surface area contributed by atoms with Crippen molar-refractivity contribution in [2.24, 2.45) is 17.2 Å². The molecule has 1 aromatic rings. The molecule has 1 unspecified atom stereocenters. The second-order valence-electron chi connectivity index (χ2n) is 3.84. The first-order valence-electron chi connectivity index (χ1n) is 5.39. The van der Waals surface area contributed by atoms with Gasteiger partial charge < -0.3 is 27.8 Å². The summed E-state index contributed by atoms with van der Waals surface area (Å²) < 4.78 is 0. The Morgan fingerprint density at radius 2 is 1.68 bits per heavy atom. The van der Waals surface area contributed by atoms with Crippen molar-refractivity contribution in [3.63, 3.8) is 0 Å². The zero-order valence-electron chi connectivity index (χ0n) is 10.1. The lowest BCUT2D eigenvalue weighted by molar-refractivity contribution is -0.123.